The minimum absolute atomic E-state index is 0. The number of rotatable bonds is 2. The fraction of sp³-hybridized carbons (Fsp3) is 0.105. The molecule has 2 aromatic carbocycles. The number of hydrogen-bond donors (Lipinski definition) is 0. The molecule has 0 aliphatic carbocycles. The zero-order valence-corrected chi connectivity index (χ0v) is 14.4. The summed E-state index contributed by atoms with van der Waals surface area (Å²) in [5.41, 5.74) is 7.00. The Bertz CT molecular complexity index is 698. The Morgan fingerprint density at radius 3 is 2.19 bits per heavy atom. The van der Waals surface area contributed by atoms with Crippen LogP contribution < -0.4 is 0 Å². The van der Waals surface area contributed by atoms with Crippen LogP contribution in [0.1, 0.15) is 11.1 Å². The van der Waals surface area contributed by atoms with E-state index in [1.165, 1.54) is 22.3 Å². The molecule has 0 aliphatic rings. The Balaban J connectivity index is 0.00000161. The zero-order chi connectivity index (χ0) is 13.9. The summed E-state index contributed by atoms with van der Waals surface area (Å²) in [5, 5.41) is 0. The van der Waals surface area contributed by atoms with Gasteiger partial charge in [0.05, 0.1) is 0 Å². The molecule has 107 valence electrons. The van der Waals surface area contributed by atoms with E-state index in [-0.39, 0.29) is 20.1 Å². The Morgan fingerprint density at radius 1 is 0.857 bits per heavy atom. The van der Waals surface area contributed by atoms with Crippen molar-refractivity contribution in [3.05, 3.63) is 78.0 Å². The summed E-state index contributed by atoms with van der Waals surface area (Å²) in [6, 6.07) is 21.7. The van der Waals surface area contributed by atoms with Crippen LogP contribution in [0.3, 0.4) is 0 Å². The third-order valence-corrected chi connectivity index (χ3v) is 3.52. The van der Waals surface area contributed by atoms with Crippen molar-refractivity contribution in [2.45, 2.75) is 13.8 Å². The number of pyridine rings is 1. The van der Waals surface area contributed by atoms with Gasteiger partial charge in [0.2, 0.25) is 0 Å². The van der Waals surface area contributed by atoms with Gasteiger partial charge in [-0.3, -0.25) is 0 Å². The third kappa shape index (κ3) is 3.29. The maximum absolute atomic E-state index is 4.58. The van der Waals surface area contributed by atoms with Crippen LogP contribution in [0.4, 0.5) is 0 Å². The summed E-state index contributed by atoms with van der Waals surface area (Å²) in [6.07, 6.45) is 1.95. The minimum atomic E-state index is 0. The molecule has 1 heterocycles. The van der Waals surface area contributed by atoms with Gasteiger partial charge in [0.25, 0.3) is 0 Å². The van der Waals surface area contributed by atoms with Crippen molar-refractivity contribution in [1.29, 1.82) is 0 Å². The molecule has 3 aromatic rings. The average Bonchev–Trinajstić information content (AvgIpc) is 2.49. The Hall–Kier alpha value is -1.76. The van der Waals surface area contributed by atoms with E-state index in [9.17, 15) is 0 Å². The maximum atomic E-state index is 4.58. The van der Waals surface area contributed by atoms with Gasteiger partial charge in [-0.25, -0.2) is 0 Å². The molecule has 1 aromatic heterocycles. The van der Waals surface area contributed by atoms with Gasteiger partial charge in [0.15, 0.2) is 0 Å². The molecule has 21 heavy (non-hydrogen) atoms. The van der Waals surface area contributed by atoms with E-state index >= 15 is 0 Å². The van der Waals surface area contributed by atoms with Crippen molar-refractivity contribution in [2.75, 3.05) is 0 Å². The van der Waals surface area contributed by atoms with Crippen molar-refractivity contribution in [2.24, 2.45) is 0 Å². The molecule has 0 saturated carbocycles. The second-order valence-electron chi connectivity index (χ2n) is 4.98. The molecular formula is C19H16IrN-. The fourth-order valence-electron chi connectivity index (χ4n) is 2.52. The summed E-state index contributed by atoms with van der Waals surface area (Å²) in [7, 11) is 0. The van der Waals surface area contributed by atoms with Crippen molar-refractivity contribution in [3.63, 3.8) is 0 Å². The SMILES string of the molecule is Cc1cccc(C)c1-c1ccc(-c2[c-]cccc2)nc1.[Ir]. The van der Waals surface area contributed by atoms with Crippen molar-refractivity contribution in [1.82, 2.24) is 4.98 Å². The molecule has 0 spiro atoms. The summed E-state index contributed by atoms with van der Waals surface area (Å²) in [6.45, 7) is 4.28. The van der Waals surface area contributed by atoms with Gasteiger partial charge >= 0.3 is 0 Å². The van der Waals surface area contributed by atoms with Gasteiger partial charge in [-0.15, -0.1) is 35.9 Å². The monoisotopic (exact) mass is 451 g/mol. The molecule has 0 fully saturated rings. The molecule has 0 amide bonds. The van der Waals surface area contributed by atoms with E-state index in [0.29, 0.717) is 0 Å². The number of benzene rings is 2. The van der Waals surface area contributed by atoms with E-state index in [0.717, 1.165) is 11.3 Å². The van der Waals surface area contributed by atoms with Crippen molar-refractivity contribution >= 4 is 0 Å². The molecule has 0 bridgehead atoms. The topological polar surface area (TPSA) is 12.9 Å². The van der Waals surface area contributed by atoms with Gasteiger partial charge < -0.3 is 4.98 Å². The number of aromatic nitrogens is 1. The molecule has 0 unspecified atom stereocenters. The van der Waals surface area contributed by atoms with E-state index < -0.39 is 0 Å². The second kappa shape index (κ2) is 6.80. The van der Waals surface area contributed by atoms with Crippen LogP contribution in [0.2, 0.25) is 0 Å². The molecule has 1 nitrogen and oxygen atoms in total. The van der Waals surface area contributed by atoms with E-state index in [1.54, 1.807) is 0 Å². The summed E-state index contributed by atoms with van der Waals surface area (Å²) < 4.78 is 0. The van der Waals surface area contributed by atoms with Crippen LogP contribution in [0.15, 0.2) is 60.8 Å². The Labute approximate surface area is 139 Å². The summed E-state index contributed by atoms with van der Waals surface area (Å²) in [5.74, 6) is 0. The zero-order valence-electron chi connectivity index (χ0n) is 12.1. The van der Waals surface area contributed by atoms with Gasteiger partial charge in [0, 0.05) is 26.3 Å². The van der Waals surface area contributed by atoms with Gasteiger partial charge in [0.1, 0.15) is 0 Å². The molecule has 0 saturated heterocycles. The van der Waals surface area contributed by atoms with Crippen LogP contribution in [-0.2, 0) is 20.1 Å². The van der Waals surface area contributed by atoms with E-state index in [1.807, 2.05) is 30.5 Å². The predicted molar refractivity (Wildman–Crippen MR) is 83.4 cm³/mol. The average molecular weight is 451 g/mol. The quantitative estimate of drug-likeness (QED) is 0.510. The molecule has 0 aliphatic heterocycles. The van der Waals surface area contributed by atoms with Crippen LogP contribution in [0.25, 0.3) is 22.4 Å². The van der Waals surface area contributed by atoms with Gasteiger partial charge in [-0.1, -0.05) is 30.3 Å². The van der Waals surface area contributed by atoms with E-state index in [2.05, 4.69) is 55.2 Å². The predicted octanol–water partition coefficient (Wildman–Crippen LogP) is 4.83. The summed E-state index contributed by atoms with van der Waals surface area (Å²) in [4.78, 5) is 4.58. The first kappa shape index (κ1) is 15.6. The normalized spacial score (nSPS) is 10.0. The van der Waals surface area contributed by atoms with Gasteiger partial charge in [-0.2, -0.15) is 0 Å². The fourth-order valence-corrected chi connectivity index (χ4v) is 2.52. The first-order valence-electron chi connectivity index (χ1n) is 6.75. The molecular weight excluding hydrogens is 434 g/mol. The van der Waals surface area contributed by atoms with Crippen molar-refractivity contribution < 1.29 is 20.1 Å². The van der Waals surface area contributed by atoms with Crippen LogP contribution in [0.5, 0.6) is 0 Å². The van der Waals surface area contributed by atoms with Crippen LogP contribution in [-0.4, -0.2) is 4.98 Å². The van der Waals surface area contributed by atoms with Gasteiger partial charge in [-0.05, 0) is 41.8 Å². The van der Waals surface area contributed by atoms with Crippen molar-refractivity contribution in [3.8, 4) is 22.4 Å². The minimum Gasteiger partial charge on any atom is -0.304 e. The molecule has 0 N–H and O–H groups in total. The maximum Gasteiger partial charge on any atom is 0.0239 e. The molecule has 0 atom stereocenters. The Morgan fingerprint density at radius 2 is 1.62 bits per heavy atom. The third-order valence-electron chi connectivity index (χ3n) is 3.52. The number of hydrogen-bond acceptors (Lipinski definition) is 1. The smallest absolute Gasteiger partial charge is 0.0239 e. The standard InChI is InChI=1S/C19H16N.Ir/c1-14-7-6-8-15(2)19(14)17-11-12-18(20-13-17)16-9-4-3-5-10-16;/h3-9,11-13H,1-2H3;/q-1;. The number of aryl methyl sites for hydroxylation is 2. The first-order chi connectivity index (χ1) is 9.75. The number of nitrogens with zero attached hydrogens (tertiary/aromatic N) is 1. The molecule has 3 rings (SSSR count). The van der Waals surface area contributed by atoms with E-state index in [4.69, 9.17) is 0 Å². The largest absolute Gasteiger partial charge is 0.304 e. The molecule has 1 radical (unpaired) electrons. The molecule has 2 heteroatoms. The second-order valence-corrected chi connectivity index (χ2v) is 4.98. The van der Waals surface area contributed by atoms with Crippen LogP contribution >= 0.6 is 0 Å². The first-order valence-corrected chi connectivity index (χ1v) is 6.75. The Kier molecular flexibility index (Phi) is 5.06. The van der Waals surface area contributed by atoms with Crippen LogP contribution in [0, 0.1) is 19.9 Å². The summed E-state index contributed by atoms with van der Waals surface area (Å²) >= 11 is 0.